The van der Waals surface area contributed by atoms with Gasteiger partial charge in [-0.1, -0.05) is 36.8 Å². The molecule has 3 atom stereocenters. The number of carbonyl (C=O) groups excluding carboxylic acids is 2. The average molecular weight is 535 g/mol. The van der Waals surface area contributed by atoms with E-state index in [0.717, 1.165) is 78.4 Å². The molecule has 1 saturated carbocycles. The van der Waals surface area contributed by atoms with Gasteiger partial charge in [0.1, 0.15) is 11.9 Å². The fourth-order valence-electron chi connectivity index (χ4n) is 6.82. The lowest BCUT2D eigenvalue weighted by Crippen LogP contribution is -2.45. The number of hydrogen-bond donors (Lipinski definition) is 2. The van der Waals surface area contributed by atoms with Gasteiger partial charge in [0.15, 0.2) is 0 Å². The van der Waals surface area contributed by atoms with E-state index in [2.05, 4.69) is 27.6 Å². The second-order valence-corrected chi connectivity index (χ2v) is 11.6. The molecule has 7 rings (SSSR count). The Kier molecular flexibility index (Phi) is 6.50. The minimum Gasteiger partial charge on any atom is -0.490 e. The predicted octanol–water partition coefficient (Wildman–Crippen LogP) is 6.03. The van der Waals surface area contributed by atoms with Crippen molar-refractivity contribution in [2.24, 2.45) is 5.92 Å². The lowest BCUT2D eigenvalue weighted by atomic mass is 9.77. The predicted molar refractivity (Wildman–Crippen MR) is 154 cm³/mol. The van der Waals surface area contributed by atoms with Crippen LogP contribution in [0.4, 0.5) is 0 Å². The number of fused-ring (bicyclic) bond motifs is 3. The third-order valence-corrected chi connectivity index (χ3v) is 9.19. The van der Waals surface area contributed by atoms with Gasteiger partial charge in [0.2, 0.25) is 6.41 Å². The maximum atomic E-state index is 13.4. The van der Waals surface area contributed by atoms with Crippen molar-refractivity contribution in [3.05, 3.63) is 83.9 Å². The summed E-state index contributed by atoms with van der Waals surface area (Å²) in [5, 5.41) is 11.9. The van der Waals surface area contributed by atoms with E-state index < -0.39 is 0 Å². The van der Waals surface area contributed by atoms with Crippen molar-refractivity contribution in [2.45, 2.75) is 69.2 Å². The summed E-state index contributed by atoms with van der Waals surface area (Å²) in [6, 6.07) is 24.7. The van der Waals surface area contributed by atoms with Gasteiger partial charge in [-0.05, 0) is 79.6 Å². The second-order valence-electron chi connectivity index (χ2n) is 11.6. The van der Waals surface area contributed by atoms with Gasteiger partial charge in [0.25, 0.3) is 5.91 Å². The molecule has 7 nitrogen and oxygen atoms in total. The monoisotopic (exact) mass is 534 g/mol. The molecule has 4 aromatic rings. The van der Waals surface area contributed by atoms with E-state index in [4.69, 9.17) is 4.74 Å². The van der Waals surface area contributed by atoms with E-state index in [1.165, 1.54) is 6.42 Å². The molecule has 3 aliphatic rings. The van der Waals surface area contributed by atoms with Crippen LogP contribution >= 0.6 is 0 Å². The van der Waals surface area contributed by atoms with Gasteiger partial charge >= 0.3 is 0 Å². The first-order valence-corrected chi connectivity index (χ1v) is 14.5. The molecule has 1 aliphatic carbocycles. The Bertz CT molecular complexity index is 1500. The molecule has 3 aromatic carbocycles. The smallest absolute Gasteiger partial charge is 0.251 e. The molecule has 2 amide bonds. The highest BCUT2D eigenvalue weighted by atomic mass is 16.5. The van der Waals surface area contributed by atoms with Crippen LogP contribution < -0.4 is 10.1 Å². The van der Waals surface area contributed by atoms with Crippen molar-refractivity contribution < 1.29 is 14.3 Å². The molecule has 2 saturated heterocycles. The zero-order valence-electron chi connectivity index (χ0n) is 22.5. The van der Waals surface area contributed by atoms with Gasteiger partial charge in [-0.25, -0.2) is 0 Å². The number of carbonyl (C=O) groups is 2. The number of benzene rings is 3. The van der Waals surface area contributed by atoms with Crippen LogP contribution in [-0.4, -0.2) is 45.6 Å². The summed E-state index contributed by atoms with van der Waals surface area (Å²) in [5.41, 5.74) is 4.46. The molecule has 2 aliphatic heterocycles. The van der Waals surface area contributed by atoms with Crippen LogP contribution in [0.3, 0.4) is 0 Å². The number of H-pyrrole nitrogens is 1. The minimum absolute atomic E-state index is 0.0235. The van der Waals surface area contributed by atoms with Crippen LogP contribution in [0.5, 0.6) is 5.75 Å². The summed E-state index contributed by atoms with van der Waals surface area (Å²) in [5.74, 6) is 1.25. The fourth-order valence-corrected chi connectivity index (χ4v) is 6.82. The molecular weight excluding hydrogens is 500 g/mol. The highest BCUT2D eigenvalue weighted by Gasteiger charge is 2.40. The zero-order chi connectivity index (χ0) is 27.1. The first-order valence-electron chi connectivity index (χ1n) is 14.5. The van der Waals surface area contributed by atoms with E-state index in [-0.39, 0.29) is 18.1 Å². The summed E-state index contributed by atoms with van der Waals surface area (Å²) in [4.78, 5) is 26.8. The molecule has 2 bridgehead atoms. The minimum atomic E-state index is -0.0619. The van der Waals surface area contributed by atoms with Crippen molar-refractivity contribution in [1.29, 1.82) is 0 Å². The molecule has 2 N–H and O–H groups in total. The maximum absolute atomic E-state index is 13.4. The number of nitrogens with zero attached hydrogens (tertiary/aromatic N) is 2. The number of piperidine rings is 1. The maximum Gasteiger partial charge on any atom is 0.251 e. The van der Waals surface area contributed by atoms with Gasteiger partial charge in [-0.15, -0.1) is 0 Å². The topological polar surface area (TPSA) is 87.3 Å². The van der Waals surface area contributed by atoms with Gasteiger partial charge < -0.3 is 15.0 Å². The van der Waals surface area contributed by atoms with Crippen molar-refractivity contribution in [3.63, 3.8) is 0 Å². The second kappa shape index (κ2) is 10.5. The molecule has 40 heavy (non-hydrogen) atoms. The highest BCUT2D eigenvalue weighted by molar-refractivity contribution is 6.01. The van der Waals surface area contributed by atoms with Crippen molar-refractivity contribution >= 4 is 23.2 Å². The Morgan fingerprint density at radius 3 is 2.40 bits per heavy atom. The van der Waals surface area contributed by atoms with Gasteiger partial charge in [-0.3, -0.25) is 14.7 Å². The van der Waals surface area contributed by atoms with E-state index in [0.29, 0.717) is 23.6 Å². The number of aromatic nitrogens is 2. The summed E-state index contributed by atoms with van der Waals surface area (Å²) in [6.07, 6.45) is 8.56. The lowest BCUT2D eigenvalue weighted by Gasteiger charge is -2.36. The van der Waals surface area contributed by atoms with Crippen LogP contribution in [0, 0.1) is 5.92 Å². The first kappa shape index (κ1) is 24.9. The van der Waals surface area contributed by atoms with Crippen molar-refractivity contribution in [1.82, 2.24) is 20.4 Å². The lowest BCUT2D eigenvalue weighted by molar-refractivity contribution is -0.123. The fraction of sp³-hybridized carbons (Fsp3) is 0.364. The number of amides is 2. The number of nitrogens with one attached hydrogen (secondary N) is 2. The van der Waals surface area contributed by atoms with E-state index in [1.807, 2.05) is 65.6 Å². The van der Waals surface area contributed by atoms with E-state index in [9.17, 15) is 9.59 Å². The Hall–Kier alpha value is -4.13. The third-order valence-electron chi connectivity index (χ3n) is 9.19. The van der Waals surface area contributed by atoms with Crippen LogP contribution in [0.1, 0.15) is 66.9 Å². The normalized spacial score (nSPS) is 23.0. The summed E-state index contributed by atoms with van der Waals surface area (Å²) < 4.78 is 6.32. The quantitative estimate of drug-likeness (QED) is 0.270. The zero-order valence-corrected chi connectivity index (χ0v) is 22.5. The number of rotatable bonds is 8. The first-order chi connectivity index (χ1) is 19.7. The molecule has 3 fully saturated rings. The summed E-state index contributed by atoms with van der Waals surface area (Å²) in [6.45, 7) is 0. The molecule has 0 spiro atoms. The molecule has 3 heterocycles. The Labute approximate surface area is 233 Å². The Balaban J connectivity index is 1.08. The molecule has 3 unspecified atom stereocenters. The molecule has 1 aromatic heterocycles. The van der Waals surface area contributed by atoms with Crippen LogP contribution in [-0.2, 0) is 4.79 Å². The summed E-state index contributed by atoms with van der Waals surface area (Å²) in [7, 11) is 0. The van der Waals surface area contributed by atoms with Crippen LogP contribution in [0.25, 0.3) is 22.2 Å². The molecule has 0 radical (unpaired) electrons. The highest BCUT2D eigenvalue weighted by Crippen LogP contribution is 2.39. The SMILES string of the molecule is O=CN1C2CCC1CC(Oc1ccc(-c3n[nH]c4ccc(C(=O)NC(c5ccccc5)C5CCC5)cc34)cc1)C2. The van der Waals surface area contributed by atoms with E-state index >= 15 is 0 Å². The van der Waals surface area contributed by atoms with Crippen molar-refractivity contribution in [2.75, 3.05) is 0 Å². The molecule has 204 valence electrons. The van der Waals surface area contributed by atoms with E-state index in [1.54, 1.807) is 0 Å². The average Bonchev–Trinajstić information content (AvgIpc) is 3.49. The standard InChI is InChI=1S/C33H34N4O3/c38-20-37-25-12-13-26(37)19-28(18-25)40-27-14-9-23(10-15-27)32-29-17-24(11-16-30(29)35-36-32)33(39)34-31(22-7-4-8-22)21-5-2-1-3-6-21/h1-3,5-6,9-11,14-17,20,22,25-26,28,31H,4,7-8,12-13,18-19H2,(H,34,39)(H,35,36). The Morgan fingerprint density at radius 2 is 1.73 bits per heavy atom. The van der Waals surface area contributed by atoms with Gasteiger partial charge in [0.05, 0.1) is 17.3 Å². The van der Waals surface area contributed by atoms with Crippen LogP contribution in [0.15, 0.2) is 72.8 Å². The number of ether oxygens (including phenoxy) is 1. The van der Waals surface area contributed by atoms with Gasteiger partial charge in [0, 0.05) is 41.4 Å². The summed E-state index contributed by atoms with van der Waals surface area (Å²) >= 11 is 0. The largest absolute Gasteiger partial charge is 0.490 e. The number of aromatic amines is 1. The van der Waals surface area contributed by atoms with Gasteiger partial charge in [-0.2, -0.15) is 5.10 Å². The molecular formula is C33H34N4O3. The van der Waals surface area contributed by atoms with Crippen LogP contribution in [0.2, 0.25) is 0 Å². The Morgan fingerprint density at radius 1 is 0.975 bits per heavy atom. The molecule has 7 heteroatoms. The van der Waals surface area contributed by atoms with Crippen molar-refractivity contribution in [3.8, 4) is 17.0 Å². The number of hydrogen-bond acceptors (Lipinski definition) is 4. The third kappa shape index (κ3) is 4.63.